The van der Waals surface area contributed by atoms with Crippen molar-refractivity contribution in [3.63, 3.8) is 0 Å². The van der Waals surface area contributed by atoms with E-state index in [-0.39, 0.29) is 23.0 Å². The van der Waals surface area contributed by atoms with Gasteiger partial charge in [-0.2, -0.15) is 0 Å². The Morgan fingerprint density at radius 2 is 2.00 bits per heavy atom. The van der Waals surface area contributed by atoms with Gasteiger partial charge in [0.05, 0.1) is 17.0 Å². The monoisotopic (exact) mass is 393 g/mol. The van der Waals surface area contributed by atoms with Gasteiger partial charge in [0.25, 0.3) is 10.0 Å². The minimum atomic E-state index is -3.84. The fourth-order valence-electron chi connectivity index (χ4n) is 2.29. The van der Waals surface area contributed by atoms with Crippen molar-refractivity contribution in [3.8, 4) is 0 Å². The van der Waals surface area contributed by atoms with Gasteiger partial charge in [0.1, 0.15) is 5.82 Å². The Labute approximate surface area is 158 Å². The zero-order valence-electron chi connectivity index (χ0n) is 14.6. The number of hydrogen-bond donors (Lipinski definition) is 1. The van der Waals surface area contributed by atoms with E-state index in [0.717, 1.165) is 0 Å². The van der Waals surface area contributed by atoms with Crippen LogP contribution in [0.3, 0.4) is 0 Å². The largest absolute Gasteiger partial charge is 0.342 e. The molecule has 0 unspecified atom stereocenters. The number of aromatic nitrogens is 1. The predicted molar refractivity (Wildman–Crippen MR) is 103 cm³/mol. The van der Waals surface area contributed by atoms with Crippen LogP contribution in [0.5, 0.6) is 0 Å². The van der Waals surface area contributed by atoms with Crippen LogP contribution in [0, 0.1) is 6.92 Å². The highest BCUT2D eigenvalue weighted by Crippen LogP contribution is 2.24. The second kappa shape index (κ2) is 8.33. The van der Waals surface area contributed by atoms with Gasteiger partial charge in [0.15, 0.2) is 0 Å². The van der Waals surface area contributed by atoms with Crippen LogP contribution >= 0.6 is 11.6 Å². The van der Waals surface area contributed by atoms with Gasteiger partial charge in [0, 0.05) is 18.6 Å². The third-order valence-corrected chi connectivity index (χ3v) is 5.62. The molecule has 0 bridgehead atoms. The van der Waals surface area contributed by atoms with Crippen LogP contribution < -0.4 is 4.72 Å². The number of hydrogen-bond acceptors (Lipinski definition) is 4. The first kappa shape index (κ1) is 19.9. The zero-order chi connectivity index (χ0) is 19.3. The molecule has 8 heteroatoms. The Hall–Kier alpha value is -2.38. The van der Waals surface area contributed by atoms with E-state index >= 15 is 0 Å². The minimum absolute atomic E-state index is 0.0656. The van der Waals surface area contributed by atoms with Crippen LogP contribution in [0.25, 0.3) is 0 Å². The second-order valence-corrected chi connectivity index (χ2v) is 7.78. The number of rotatable bonds is 7. The average Bonchev–Trinajstić information content (AvgIpc) is 2.57. The summed E-state index contributed by atoms with van der Waals surface area (Å²) >= 11 is 6.00. The molecule has 0 radical (unpaired) electrons. The predicted octanol–water partition coefficient (Wildman–Crippen LogP) is 3.03. The molecule has 2 rings (SSSR count). The zero-order valence-corrected chi connectivity index (χ0v) is 16.1. The van der Waals surface area contributed by atoms with E-state index in [1.54, 1.807) is 44.3 Å². The number of likely N-dealkylation sites (N-methyl/N-ethyl adjacent to an activating group) is 1. The molecule has 1 aromatic heterocycles. The van der Waals surface area contributed by atoms with Crippen molar-refractivity contribution in [1.82, 2.24) is 9.88 Å². The van der Waals surface area contributed by atoms with Crippen LogP contribution in [0.2, 0.25) is 5.02 Å². The van der Waals surface area contributed by atoms with E-state index in [1.807, 2.05) is 0 Å². The Balaban J connectivity index is 2.21. The molecule has 1 heterocycles. The number of amides is 1. The molecule has 0 saturated heterocycles. The van der Waals surface area contributed by atoms with Crippen molar-refractivity contribution in [3.05, 3.63) is 65.3 Å². The van der Waals surface area contributed by atoms with E-state index < -0.39 is 10.0 Å². The smallest absolute Gasteiger partial charge is 0.263 e. The van der Waals surface area contributed by atoms with Gasteiger partial charge in [-0.3, -0.25) is 9.52 Å². The summed E-state index contributed by atoms with van der Waals surface area (Å²) in [4.78, 5) is 17.9. The molecule has 1 N–H and O–H groups in total. The Morgan fingerprint density at radius 1 is 1.31 bits per heavy atom. The van der Waals surface area contributed by atoms with Crippen molar-refractivity contribution in [1.29, 1.82) is 0 Å². The first-order valence-corrected chi connectivity index (χ1v) is 9.69. The van der Waals surface area contributed by atoms with Crippen LogP contribution in [0.4, 0.5) is 5.82 Å². The minimum Gasteiger partial charge on any atom is -0.342 e. The van der Waals surface area contributed by atoms with Crippen LogP contribution in [-0.4, -0.2) is 37.8 Å². The fraction of sp³-hybridized carbons (Fsp3) is 0.222. The molecular formula is C18H20ClN3O3S. The number of pyridine rings is 1. The standard InChI is InChI=1S/C18H20ClN3O3S/c1-4-11-22(3)18(23)12-14-7-5-10-17(20-14)21-26(24,25)16-9-6-8-15(19)13(16)2/h4-10H,1,11-12H2,2-3H3,(H,20,21). The summed E-state index contributed by atoms with van der Waals surface area (Å²) in [5.41, 5.74) is 0.924. The van der Waals surface area contributed by atoms with Gasteiger partial charge in [-0.25, -0.2) is 13.4 Å². The number of benzene rings is 1. The molecule has 138 valence electrons. The third-order valence-electron chi connectivity index (χ3n) is 3.71. The number of anilines is 1. The molecule has 0 fully saturated rings. The van der Waals surface area contributed by atoms with Crippen LogP contribution in [0.1, 0.15) is 11.3 Å². The molecule has 6 nitrogen and oxygen atoms in total. The molecule has 0 aliphatic rings. The Bertz CT molecular complexity index is 929. The highest BCUT2D eigenvalue weighted by atomic mass is 35.5. The van der Waals surface area contributed by atoms with E-state index in [4.69, 9.17) is 11.6 Å². The van der Waals surface area contributed by atoms with E-state index in [0.29, 0.717) is 22.8 Å². The summed E-state index contributed by atoms with van der Waals surface area (Å²) in [6.07, 6.45) is 1.69. The maximum Gasteiger partial charge on any atom is 0.263 e. The number of halogens is 1. The number of carbonyl (C=O) groups is 1. The Morgan fingerprint density at radius 3 is 2.69 bits per heavy atom. The number of nitrogens with zero attached hydrogens (tertiary/aromatic N) is 2. The molecule has 1 aromatic carbocycles. The topological polar surface area (TPSA) is 79.4 Å². The maximum absolute atomic E-state index is 12.6. The maximum atomic E-state index is 12.6. The molecule has 0 aliphatic carbocycles. The van der Waals surface area contributed by atoms with Gasteiger partial charge in [-0.05, 0) is 36.8 Å². The first-order chi connectivity index (χ1) is 12.2. The van der Waals surface area contributed by atoms with Crippen molar-refractivity contribution < 1.29 is 13.2 Å². The van der Waals surface area contributed by atoms with Crippen LogP contribution in [0.15, 0.2) is 53.9 Å². The third kappa shape index (κ3) is 4.83. The van der Waals surface area contributed by atoms with Gasteiger partial charge in [-0.1, -0.05) is 29.8 Å². The van der Waals surface area contributed by atoms with E-state index in [9.17, 15) is 13.2 Å². The van der Waals surface area contributed by atoms with Crippen molar-refractivity contribution >= 4 is 33.3 Å². The molecule has 0 spiro atoms. The van der Waals surface area contributed by atoms with Gasteiger partial charge >= 0.3 is 0 Å². The summed E-state index contributed by atoms with van der Waals surface area (Å²) in [6.45, 7) is 5.65. The second-order valence-electron chi connectivity index (χ2n) is 5.72. The average molecular weight is 394 g/mol. The van der Waals surface area contributed by atoms with Gasteiger partial charge in [0.2, 0.25) is 5.91 Å². The molecular weight excluding hydrogens is 374 g/mol. The lowest BCUT2D eigenvalue weighted by Crippen LogP contribution is -2.28. The number of sulfonamides is 1. The first-order valence-electron chi connectivity index (χ1n) is 7.83. The lowest BCUT2D eigenvalue weighted by molar-refractivity contribution is -0.128. The van der Waals surface area contributed by atoms with Gasteiger partial charge < -0.3 is 4.90 Å². The Kier molecular flexibility index (Phi) is 6.39. The molecule has 26 heavy (non-hydrogen) atoms. The number of nitrogens with one attached hydrogen (secondary N) is 1. The van der Waals surface area contributed by atoms with E-state index in [1.165, 1.54) is 17.0 Å². The highest BCUT2D eigenvalue weighted by Gasteiger charge is 2.19. The van der Waals surface area contributed by atoms with Crippen molar-refractivity contribution in [2.24, 2.45) is 0 Å². The molecule has 1 amide bonds. The summed E-state index contributed by atoms with van der Waals surface area (Å²) < 4.78 is 27.6. The highest BCUT2D eigenvalue weighted by molar-refractivity contribution is 7.92. The van der Waals surface area contributed by atoms with Crippen molar-refractivity contribution in [2.75, 3.05) is 18.3 Å². The summed E-state index contributed by atoms with van der Waals surface area (Å²) in [5, 5.41) is 0.366. The van der Waals surface area contributed by atoms with Crippen molar-refractivity contribution in [2.45, 2.75) is 18.2 Å². The lowest BCUT2D eigenvalue weighted by atomic mass is 10.2. The normalized spacial score (nSPS) is 11.0. The SMILES string of the molecule is C=CCN(C)C(=O)Cc1cccc(NS(=O)(=O)c2cccc(Cl)c2C)n1. The van der Waals surface area contributed by atoms with Crippen LogP contribution in [-0.2, 0) is 21.2 Å². The lowest BCUT2D eigenvalue weighted by Gasteiger charge is -2.15. The quantitative estimate of drug-likeness (QED) is 0.733. The molecule has 0 saturated carbocycles. The summed E-state index contributed by atoms with van der Waals surface area (Å²) in [7, 11) is -2.18. The summed E-state index contributed by atoms with van der Waals surface area (Å²) in [6, 6.07) is 9.51. The number of carbonyl (C=O) groups excluding carboxylic acids is 1. The summed E-state index contributed by atoms with van der Waals surface area (Å²) in [5.74, 6) is 0.00384. The van der Waals surface area contributed by atoms with Gasteiger partial charge in [-0.15, -0.1) is 6.58 Å². The fourth-order valence-corrected chi connectivity index (χ4v) is 3.79. The molecule has 0 aliphatic heterocycles. The van der Waals surface area contributed by atoms with E-state index in [2.05, 4.69) is 16.3 Å². The molecule has 2 aromatic rings. The molecule has 0 atom stereocenters.